The predicted octanol–water partition coefficient (Wildman–Crippen LogP) is 2.66. The third kappa shape index (κ3) is 2.93. The van der Waals surface area contributed by atoms with Gasteiger partial charge < -0.3 is 10.0 Å². The summed E-state index contributed by atoms with van der Waals surface area (Å²) >= 11 is 5.78. The second-order valence-electron chi connectivity index (χ2n) is 5.09. The fourth-order valence-corrected chi connectivity index (χ4v) is 2.70. The van der Waals surface area contributed by atoms with Gasteiger partial charge in [-0.25, -0.2) is 4.39 Å². The first kappa shape index (κ1) is 14.8. The van der Waals surface area contributed by atoms with Crippen molar-refractivity contribution in [1.82, 2.24) is 4.90 Å². The van der Waals surface area contributed by atoms with E-state index in [2.05, 4.69) is 0 Å². The molecule has 1 N–H and O–H groups in total. The summed E-state index contributed by atoms with van der Waals surface area (Å²) < 4.78 is 13.7. The Labute approximate surface area is 121 Å². The van der Waals surface area contributed by atoms with Crippen molar-refractivity contribution in [3.8, 4) is 0 Å². The Morgan fingerprint density at radius 1 is 1.45 bits per heavy atom. The molecule has 2 unspecified atom stereocenters. The van der Waals surface area contributed by atoms with E-state index in [4.69, 9.17) is 16.7 Å². The third-order valence-electron chi connectivity index (χ3n) is 3.67. The molecule has 0 aromatic heterocycles. The molecule has 20 heavy (non-hydrogen) atoms. The van der Waals surface area contributed by atoms with Gasteiger partial charge in [0.25, 0.3) is 5.91 Å². The number of piperidine rings is 1. The molecular formula is C14H15ClFNO3. The molecular weight excluding hydrogens is 285 g/mol. The highest BCUT2D eigenvalue weighted by atomic mass is 35.5. The van der Waals surface area contributed by atoms with Crippen LogP contribution in [0.5, 0.6) is 0 Å². The van der Waals surface area contributed by atoms with Crippen LogP contribution < -0.4 is 0 Å². The topological polar surface area (TPSA) is 57.6 Å². The zero-order valence-corrected chi connectivity index (χ0v) is 11.7. The van der Waals surface area contributed by atoms with Gasteiger partial charge in [-0.1, -0.05) is 18.5 Å². The normalized spacial score (nSPS) is 22.6. The Morgan fingerprint density at radius 3 is 2.75 bits per heavy atom. The SMILES string of the molecule is CC1CN(C(=O)c2cc(Cl)ccc2F)CCC1C(=O)O. The number of hydrogen-bond donors (Lipinski definition) is 1. The first-order valence-electron chi connectivity index (χ1n) is 6.37. The highest BCUT2D eigenvalue weighted by molar-refractivity contribution is 6.31. The summed E-state index contributed by atoms with van der Waals surface area (Å²) in [7, 11) is 0. The zero-order chi connectivity index (χ0) is 14.9. The average molecular weight is 300 g/mol. The van der Waals surface area contributed by atoms with Gasteiger partial charge in [-0.05, 0) is 30.5 Å². The minimum absolute atomic E-state index is 0.0709. The number of likely N-dealkylation sites (tertiary alicyclic amines) is 1. The molecule has 0 bridgehead atoms. The van der Waals surface area contributed by atoms with E-state index in [1.165, 1.54) is 17.0 Å². The number of rotatable bonds is 2. The van der Waals surface area contributed by atoms with Crippen LogP contribution in [0.2, 0.25) is 5.02 Å². The minimum Gasteiger partial charge on any atom is -0.481 e. The van der Waals surface area contributed by atoms with Crippen LogP contribution in [-0.2, 0) is 4.79 Å². The lowest BCUT2D eigenvalue weighted by Crippen LogP contribution is -2.45. The number of benzene rings is 1. The number of amides is 1. The Bertz CT molecular complexity index is 549. The maximum Gasteiger partial charge on any atom is 0.306 e. The Hall–Kier alpha value is -1.62. The minimum atomic E-state index is -0.849. The quantitative estimate of drug-likeness (QED) is 0.913. The van der Waals surface area contributed by atoms with Gasteiger partial charge in [0, 0.05) is 18.1 Å². The van der Waals surface area contributed by atoms with Crippen LogP contribution >= 0.6 is 11.6 Å². The van der Waals surface area contributed by atoms with Crippen LogP contribution in [0.25, 0.3) is 0 Å². The molecule has 1 aliphatic rings. The Balaban J connectivity index is 2.15. The molecule has 2 atom stereocenters. The van der Waals surface area contributed by atoms with E-state index in [-0.39, 0.29) is 11.5 Å². The molecule has 0 radical (unpaired) electrons. The lowest BCUT2D eigenvalue weighted by atomic mass is 9.87. The maximum absolute atomic E-state index is 13.7. The largest absolute Gasteiger partial charge is 0.481 e. The van der Waals surface area contributed by atoms with Crippen molar-refractivity contribution in [2.24, 2.45) is 11.8 Å². The highest BCUT2D eigenvalue weighted by Gasteiger charge is 2.33. The zero-order valence-electron chi connectivity index (χ0n) is 11.0. The van der Waals surface area contributed by atoms with Crippen molar-refractivity contribution in [2.45, 2.75) is 13.3 Å². The van der Waals surface area contributed by atoms with Crippen LogP contribution in [0, 0.1) is 17.7 Å². The van der Waals surface area contributed by atoms with E-state index in [1.54, 1.807) is 6.92 Å². The van der Waals surface area contributed by atoms with Crippen molar-refractivity contribution in [2.75, 3.05) is 13.1 Å². The molecule has 1 aliphatic heterocycles. The van der Waals surface area contributed by atoms with Gasteiger partial charge in [-0.2, -0.15) is 0 Å². The van der Waals surface area contributed by atoms with Crippen LogP contribution in [0.4, 0.5) is 4.39 Å². The van der Waals surface area contributed by atoms with E-state index >= 15 is 0 Å². The fraction of sp³-hybridized carbons (Fsp3) is 0.429. The number of carboxylic acids is 1. The summed E-state index contributed by atoms with van der Waals surface area (Å²) in [6.45, 7) is 2.40. The second kappa shape index (κ2) is 5.79. The average Bonchev–Trinajstić information content (AvgIpc) is 2.40. The summed E-state index contributed by atoms with van der Waals surface area (Å²) in [4.78, 5) is 24.8. The van der Waals surface area contributed by atoms with Gasteiger partial charge in [0.05, 0.1) is 11.5 Å². The van der Waals surface area contributed by atoms with Crippen LogP contribution in [0.15, 0.2) is 18.2 Å². The molecule has 0 aliphatic carbocycles. The first-order chi connectivity index (χ1) is 9.40. The summed E-state index contributed by atoms with van der Waals surface area (Å²) in [5, 5.41) is 9.34. The summed E-state index contributed by atoms with van der Waals surface area (Å²) in [6, 6.07) is 3.84. The number of halogens is 2. The third-order valence-corrected chi connectivity index (χ3v) is 3.90. The van der Waals surface area contributed by atoms with Crippen molar-refractivity contribution in [3.05, 3.63) is 34.6 Å². The van der Waals surface area contributed by atoms with Crippen molar-refractivity contribution in [3.63, 3.8) is 0 Å². The molecule has 2 rings (SSSR count). The van der Waals surface area contributed by atoms with E-state index in [0.29, 0.717) is 24.5 Å². The van der Waals surface area contributed by atoms with Gasteiger partial charge in [0.15, 0.2) is 0 Å². The fourth-order valence-electron chi connectivity index (χ4n) is 2.53. The highest BCUT2D eigenvalue weighted by Crippen LogP contribution is 2.25. The molecule has 0 spiro atoms. The number of carboxylic acid groups (broad SMARTS) is 1. The molecule has 1 fully saturated rings. The Morgan fingerprint density at radius 2 is 2.15 bits per heavy atom. The second-order valence-corrected chi connectivity index (χ2v) is 5.52. The van der Waals surface area contributed by atoms with Crippen molar-refractivity contribution in [1.29, 1.82) is 0 Å². The maximum atomic E-state index is 13.7. The van der Waals surface area contributed by atoms with Gasteiger partial charge >= 0.3 is 5.97 Å². The number of nitrogens with zero attached hydrogens (tertiary/aromatic N) is 1. The molecule has 108 valence electrons. The van der Waals surface area contributed by atoms with E-state index in [0.717, 1.165) is 6.07 Å². The van der Waals surface area contributed by atoms with Gasteiger partial charge in [0.1, 0.15) is 5.82 Å². The van der Waals surface area contributed by atoms with Crippen LogP contribution in [0.1, 0.15) is 23.7 Å². The molecule has 1 amide bonds. The number of carbonyl (C=O) groups is 2. The van der Waals surface area contributed by atoms with Gasteiger partial charge in [-0.15, -0.1) is 0 Å². The smallest absolute Gasteiger partial charge is 0.306 e. The number of aliphatic carboxylic acids is 1. The van der Waals surface area contributed by atoms with Crippen molar-refractivity contribution >= 4 is 23.5 Å². The predicted molar refractivity (Wildman–Crippen MR) is 72.2 cm³/mol. The van der Waals surface area contributed by atoms with Crippen LogP contribution in [0.3, 0.4) is 0 Å². The van der Waals surface area contributed by atoms with Gasteiger partial charge in [-0.3, -0.25) is 9.59 Å². The van der Waals surface area contributed by atoms with Crippen molar-refractivity contribution < 1.29 is 19.1 Å². The number of hydrogen-bond acceptors (Lipinski definition) is 2. The summed E-state index contributed by atoms with van der Waals surface area (Å²) in [6.07, 6.45) is 0.379. The molecule has 0 saturated carbocycles. The molecule has 4 nitrogen and oxygen atoms in total. The molecule has 1 saturated heterocycles. The lowest BCUT2D eigenvalue weighted by Gasteiger charge is -2.35. The molecule has 1 aromatic rings. The van der Waals surface area contributed by atoms with E-state index < -0.39 is 23.6 Å². The van der Waals surface area contributed by atoms with Gasteiger partial charge in [0.2, 0.25) is 0 Å². The number of carbonyl (C=O) groups excluding carboxylic acids is 1. The summed E-state index contributed by atoms with van der Waals surface area (Å²) in [5.41, 5.74) is -0.0709. The van der Waals surface area contributed by atoms with Crippen LogP contribution in [-0.4, -0.2) is 35.0 Å². The van der Waals surface area contributed by atoms with E-state index in [9.17, 15) is 14.0 Å². The molecule has 1 aromatic carbocycles. The summed E-state index contributed by atoms with van der Waals surface area (Å²) in [5.74, 6) is -2.53. The van der Waals surface area contributed by atoms with E-state index in [1.807, 2.05) is 0 Å². The standard InChI is InChI=1S/C14H15ClFNO3/c1-8-7-17(5-4-10(8)14(19)20)13(18)11-6-9(15)2-3-12(11)16/h2-3,6,8,10H,4-5,7H2,1H3,(H,19,20). The lowest BCUT2D eigenvalue weighted by molar-refractivity contribution is -0.145. The Kier molecular flexibility index (Phi) is 4.28. The molecule has 6 heteroatoms. The first-order valence-corrected chi connectivity index (χ1v) is 6.75. The molecule has 1 heterocycles. The monoisotopic (exact) mass is 299 g/mol.